The average molecular weight is 498 g/mol. The third-order valence-electron chi connectivity index (χ3n) is 5.07. The summed E-state index contributed by atoms with van der Waals surface area (Å²) in [4.78, 5) is 6.73. The van der Waals surface area contributed by atoms with Gasteiger partial charge in [0.15, 0.2) is 11.5 Å². The molecule has 0 saturated carbocycles. The molecule has 35 heavy (non-hydrogen) atoms. The predicted octanol–water partition coefficient (Wildman–Crippen LogP) is 4.17. The molecule has 0 amide bonds. The van der Waals surface area contributed by atoms with E-state index in [1.807, 2.05) is 39.2 Å². The van der Waals surface area contributed by atoms with Crippen LogP contribution in [0.2, 0.25) is 0 Å². The van der Waals surface area contributed by atoms with Crippen molar-refractivity contribution >= 4 is 27.6 Å². The van der Waals surface area contributed by atoms with E-state index in [0.29, 0.717) is 35.6 Å². The Hall–Kier alpha value is -3.61. The first-order valence-corrected chi connectivity index (χ1v) is 12.6. The molecule has 0 aliphatic carbocycles. The summed E-state index contributed by atoms with van der Waals surface area (Å²) >= 11 is 0. The van der Waals surface area contributed by atoms with E-state index in [0.717, 1.165) is 34.4 Å². The van der Waals surface area contributed by atoms with Crippen molar-refractivity contribution in [1.29, 1.82) is 5.26 Å². The summed E-state index contributed by atoms with van der Waals surface area (Å²) in [7, 11) is 3.61. The van der Waals surface area contributed by atoms with Crippen LogP contribution in [0.4, 0.5) is 5.69 Å². The van der Waals surface area contributed by atoms with E-state index >= 15 is 0 Å². The quantitative estimate of drug-likeness (QED) is 0.362. The number of nitriles is 1. The van der Waals surface area contributed by atoms with Crippen LogP contribution in [-0.2, 0) is 16.5 Å². The third kappa shape index (κ3) is 8.28. The maximum absolute atomic E-state index is 9.86. The summed E-state index contributed by atoms with van der Waals surface area (Å²) in [5.41, 5.74) is 6.51. The highest BCUT2D eigenvalue weighted by Crippen LogP contribution is 2.33. The van der Waals surface area contributed by atoms with Crippen LogP contribution in [0, 0.1) is 11.3 Å². The van der Waals surface area contributed by atoms with Crippen LogP contribution in [0.1, 0.15) is 23.6 Å². The zero-order valence-electron chi connectivity index (χ0n) is 20.9. The molecule has 0 spiro atoms. The second-order valence-corrected chi connectivity index (χ2v) is 9.59. The number of hydrogen-bond donors (Lipinski definition) is 1. The molecular formula is C26H31N3O5S. The van der Waals surface area contributed by atoms with Gasteiger partial charge in [0.2, 0.25) is 0 Å². The third-order valence-corrected chi connectivity index (χ3v) is 5.07. The Morgan fingerprint density at radius 1 is 1.14 bits per heavy atom. The van der Waals surface area contributed by atoms with Gasteiger partial charge in [-0.1, -0.05) is 18.2 Å². The van der Waals surface area contributed by atoms with E-state index in [1.165, 1.54) is 0 Å². The average Bonchev–Trinajstić information content (AvgIpc) is 2.80. The smallest absolute Gasteiger partial charge is 0.261 e. The van der Waals surface area contributed by atoms with Crippen molar-refractivity contribution in [1.82, 2.24) is 0 Å². The number of aliphatic imine (C=N–C) groups is 1. The largest absolute Gasteiger partial charge is 0.493 e. The van der Waals surface area contributed by atoms with E-state index in [4.69, 9.17) is 14.0 Å². The first kappa shape index (κ1) is 27.6. The molecule has 0 radical (unpaired) electrons. The van der Waals surface area contributed by atoms with Gasteiger partial charge in [-0.3, -0.25) is 9.55 Å². The first-order chi connectivity index (χ1) is 16.5. The zero-order chi connectivity index (χ0) is 26.2. The van der Waals surface area contributed by atoms with Gasteiger partial charge in [-0.05, 0) is 60.4 Å². The molecule has 1 aliphatic heterocycles. The van der Waals surface area contributed by atoms with Gasteiger partial charge in [0.05, 0.1) is 31.8 Å². The summed E-state index contributed by atoms with van der Waals surface area (Å²) < 4.78 is 36.7. The van der Waals surface area contributed by atoms with Crippen molar-refractivity contribution < 1.29 is 22.4 Å². The van der Waals surface area contributed by atoms with Gasteiger partial charge in [0, 0.05) is 31.9 Å². The number of benzene rings is 2. The minimum Gasteiger partial charge on any atom is -0.493 e. The Bertz CT molecular complexity index is 1280. The van der Waals surface area contributed by atoms with Crippen molar-refractivity contribution in [2.45, 2.75) is 13.3 Å². The lowest BCUT2D eigenvalue weighted by molar-refractivity contribution is 0.354. The standard InChI is InChI=1S/C25H27N3O2.CH4O3S/c1-17(12-18-6-8-21(9-7-18)28(2)3)13-20(16-26)25-22-15-24(30-5)23(29-4)14-19(22)10-11-27-25;1-5(2,3)4/h6-9,12-15H,10-11H2,1-5H3;1H3,(H,2,3,4)/b17-12+,20-13+;. The van der Waals surface area contributed by atoms with Crippen LogP contribution >= 0.6 is 0 Å². The first-order valence-electron chi connectivity index (χ1n) is 10.8. The second kappa shape index (κ2) is 12.2. The van der Waals surface area contributed by atoms with Gasteiger partial charge in [-0.25, -0.2) is 0 Å². The molecule has 0 unspecified atom stereocenters. The molecule has 1 heterocycles. The molecule has 3 rings (SSSR count). The van der Waals surface area contributed by atoms with Crippen molar-refractivity contribution in [2.75, 3.05) is 46.0 Å². The van der Waals surface area contributed by atoms with Gasteiger partial charge in [-0.2, -0.15) is 13.7 Å². The fraction of sp³-hybridized carbons (Fsp3) is 0.308. The van der Waals surface area contributed by atoms with E-state index < -0.39 is 10.1 Å². The van der Waals surface area contributed by atoms with Crippen molar-refractivity contribution in [3.8, 4) is 17.6 Å². The van der Waals surface area contributed by atoms with E-state index in [2.05, 4.69) is 46.3 Å². The molecular weight excluding hydrogens is 466 g/mol. The van der Waals surface area contributed by atoms with Crippen LogP contribution in [0.5, 0.6) is 11.5 Å². The maximum Gasteiger partial charge on any atom is 0.261 e. The number of ether oxygens (including phenoxy) is 2. The zero-order valence-corrected chi connectivity index (χ0v) is 21.7. The lowest BCUT2D eigenvalue weighted by Gasteiger charge is -2.19. The molecule has 0 fully saturated rings. The van der Waals surface area contributed by atoms with Gasteiger partial charge in [-0.15, -0.1) is 0 Å². The molecule has 0 bridgehead atoms. The number of fused-ring (bicyclic) bond motifs is 1. The fourth-order valence-electron chi connectivity index (χ4n) is 3.51. The van der Waals surface area contributed by atoms with E-state index in [-0.39, 0.29) is 0 Å². The van der Waals surface area contributed by atoms with Crippen LogP contribution in [0.3, 0.4) is 0 Å². The van der Waals surface area contributed by atoms with Crippen molar-refractivity contribution in [3.05, 3.63) is 70.3 Å². The number of hydrogen-bond acceptors (Lipinski definition) is 7. The van der Waals surface area contributed by atoms with Gasteiger partial charge in [0.1, 0.15) is 6.07 Å². The summed E-state index contributed by atoms with van der Waals surface area (Å²) in [5.74, 6) is 1.33. The monoisotopic (exact) mass is 497 g/mol. The lowest BCUT2D eigenvalue weighted by atomic mass is 9.92. The van der Waals surface area contributed by atoms with Crippen LogP contribution in [0.15, 0.2) is 58.6 Å². The highest BCUT2D eigenvalue weighted by atomic mass is 32.2. The Kier molecular flexibility index (Phi) is 9.63. The Balaban J connectivity index is 0.000000784. The van der Waals surface area contributed by atoms with Crippen molar-refractivity contribution in [3.63, 3.8) is 0 Å². The second-order valence-electron chi connectivity index (χ2n) is 8.12. The molecule has 1 N–H and O–H groups in total. The van der Waals surface area contributed by atoms with Crippen molar-refractivity contribution in [2.24, 2.45) is 4.99 Å². The summed E-state index contributed by atoms with van der Waals surface area (Å²) in [5, 5.41) is 9.86. The molecule has 2 aromatic carbocycles. The van der Waals surface area contributed by atoms with E-state index in [9.17, 15) is 13.7 Å². The fourth-order valence-corrected chi connectivity index (χ4v) is 3.51. The number of allylic oxidation sites excluding steroid dienone is 3. The summed E-state index contributed by atoms with van der Waals surface area (Å²) in [6.07, 6.45) is 5.48. The molecule has 186 valence electrons. The highest BCUT2D eigenvalue weighted by Gasteiger charge is 2.21. The minimum atomic E-state index is -3.67. The highest BCUT2D eigenvalue weighted by molar-refractivity contribution is 7.85. The molecule has 8 nitrogen and oxygen atoms in total. The maximum atomic E-state index is 9.86. The Labute approximate surface area is 207 Å². The Morgan fingerprint density at radius 3 is 2.23 bits per heavy atom. The van der Waals surface area contributed by atoms with Crippen LogP contribution < -0.4 is 14.4 Å². The summed E-state index contributed by atoms with van der Waals surface area (Å²) in [6.45, 7) is 2.64. The van der Waals surface area contributed by atoms with Crippen LogP contribution in [-0.4, -0.2) is 59.8 Å². The SMILES string of the molecule is COc1cc2c(cc1OC)C(/C(C#N)=C/C(C)=C/c1ccc(N(C)C)cc1)=NCC2.CS(=O)(=O)O. The Morgan fingerprint density at radius 2 is 1.71 bits per heavy atom. The molecule has 0 atom stereocenters. The van der Waals surface area contributed by atoms with Gasteiger partial charge < -0.3 is 14.4 Å². The molecule has 9 heteroatoms. The molecule has 1 aliphatic rings. The topological polar surface area (TPSA) is 112 Å². The molecule has 0 saturated heterocycles. The molecule has 2 aromatic rings. The number of anilines is 1. The number of methoxy groups -OCH3 is 2. The number of nitrogens with zero attached hydrogens (tertiary/aromatic N) is 3. The van der Waals surface area contributed by atoms with Crippen LogP contribution in [0.25, 0.3) is 6.08 Å². The van der Waals surface area contributed by atoms with Gasteiger partial charge >= 0.3 is 0 Å². The molecule has 0 aromatic heterocycles. The lowest BCUT2D eigenvalue weighted by Crippen LogP contribution is -2.15. The minimum absolute atomic E-state index is 0.543. The number of rotatable bonds is 6. The normalized spacial score (nSPS) is 13.5. The van der Waals surface area contributed by atoms with Gasteiger partial charge in [0.25, 0.3) is 10.1 Å². The predicted molar refractivity (Wildman–Crippen MR) is 140 cm³/mol. The van der Waals surface area contributed by atoms with E-state index in [1.54, 1.807) is 14.2 Å². The summed E-state index contributed by atoms with van der Waals surface area (Å²) in [6, 6.07) is 14.5.